The first-order chi connectivity index (χ1) is 8.59. The normalized spacial score (nSPS) is 16.7. The summed E-state index contributed by atoms with van der Waals surface area (Å²) in [6.45, 7) is 3.07. The van der Waals surface area contributed by atoms with Gasteiger partial charge in [-0.2, -0.15) is 0 Å². The van der Waals surface area contributed by atoms with Crippen molar-refractivity contribution in [2.24, 2.45) is 5.73 Å². The van der Waals surface area contributed by atoms with Crippen LogP contribution in [0.1, 0.15) is 24.5 Å². The smallest absolute Gasteiger partial charge is 0.402 e. The Balaban J connectivity index is 0.000000357. The quantitative estimate of drug-likeness (QED) is 0.759. The van der Waals surface area contributed by atoms with Crippen LogP contribution in [0.25, 0.3) is 0 Å². The van der Waals surface area contributed by atoms with E-state index in [1.54, 1.807) is 0 Å². The van der Waals surface area contributed by atoms with Gasteiger partial charge in [-0.1, -0.05) is 30.3 Å². The summed E-state index contributed by atoms with van der Waals surface area (Å²) in [6.07, 6.45) is 0.900. The Bertz CT molecular complexity index is 347. The molecule has 4 N–H and O–H groups in total. The van der Waals surface area contributed by atoms with E-state index in [1.165, 1.54) is 12.8 Å². The zero-order chi connectivity index (χ0) is 13.4. The predicted octanol–water partition coefficient (Wildman–Crippen LogP) is 1.44. The van der Waals surface area contributed by atoms with Crippen LogP contribution in [0.4, 0.5) is 4.79 Å². The lowest BCUT2D eigenvalue weighted by Gasteiger charge is -2.19. The topological polar surface area (TPSA) is 86.8 Å². The summed E-state index contributed by atoms with van der Waals surface area (Å²) in [5, 5.41) is 17.1. The number of carbonyl (C=O) groups is 1. The maximum atomic E-state index is 9.94. The first kappa shape index (κ1) is 14.5. The molecule has 18 heavy (non-hydrogen) atoms. The SMILES string of the molecule is NC(=O)O.OC(CN1CCCC1)c1ccccc1. The van der Waals surface area contributed by atoms with Crippen LogP contribution < -0.4 is 5.73 Å². The lowest BCUT2D eigenvalue weighted by Crippen LogP contribution is -2.25. The molecule has 0 saturated carbocycles. The molecular weight excluding hydrogens is 232 g/mol. The Kier molecular flexibility index (Phi) is 6.18. The summed E-state index contributed by atoms with van der Waals surface area (Å²) in [5.41, 5.74) is 5.06. The zero-order valence-electron chi connectivity index (χ0n) is 10.3. The molecule has 0 radical (unpaired) electrons. The van der Waals surface area contributed by atoms with Gasteiger partial charge in [-0.05, 0) is 31.5 Å². The molecule has 1 aromatic rings. The third-order valence-electron chi connectivity index (χ3n) is 2.81. The highest BCUT2D eigenvalue weighted by molar-refractivity contribution is 5.61. The van der Waals surface area contributed by atoms with Gasteiger partial charge in [0.1, 0.15) is 0 Å². The maximum Gasteiger partial charge on any atom is 0.402 e. The van der Waals surface area contributed by atoms with Gasteiger partial charge in [0, 0.05) is 6.54 Å². The summed E-state index contributed by atoms with van der Waals surface area (Å²) in [4.78, 5) is 11.1. The van der Waals surface area contributed by atoms with Crippen molar-refractivity contribution in [3.63, 3.8) is 0 Å². The highest BCUT2D eigenvalue weighted by Crippen LogP contribution is 2.16. The molecule has 0 aliphatic carbocycles. The van der Waals surface area contributed by atoms with Crippen molar-refractivity contribution in [2.75, 3.05) is 19.6 Å². The minimum Gasteiger partial charge on any atom is -0.465 e. The molecule has 0 bridgehead atoms. The average Bonchev–Trinajstić information content (AvgIpc) is 2.82. The average molecular weight is 252 g/mol. The van der Waals surface area contributed by atoms with Crippen LogP contribution >= 0.6 is 0 Å². The standard InChI is InChI=1S/C12H17NO.CH3NO2/c14-12(10-13-8-4-5-9-13)11-6-2-1-3-7-11;2-1(3)4/h1-3,6-7,12,14H,4-5,8-10H2;2H2,(H,3,4). The molecule has 1 amide bonds. The van der Waals surface area contributed by atoms with Crippen LogP contribution in [-0.2, 0) is 0 Å². The number of β-amino-alcohol motifs (C(OH)–C–C–N with tert-alkyl or cyclic N) is 1. The molecule has 1 fully saturated rings. The van der Waals surface area contributed by atoms with E-state index in [4.69, 9.17) is 9.90 Å². The third kappa shape index (κ3) is 5.65. The first-order valence-electron chi connectivity index (χ1n) is 6.03. The van der Waals surface area contributed by atoms with Crippen LogP contribution in [0.2, 0.25) is 0 Å². The van der Waals surface area contributed by atoms with Crippen molar-refractivity contribution in [3.8, 4) is 0 Å². The third-order valence-corrected chi connectivity index (χ3v) is 2.81. The number of likely N-dealkylation sites (tertiary alicyclic amines) is 1. The molecule has 100 valence electrons. The number of hydrogen-bond acceptors (Lipinski definition) is 3. The van der Waals surface area contributed by atoms with Gasteiger partial charge in [0.15, 0.2) is 0 Å². The summed E-state index contributed by atoms with van der Waals surface area (Å²) in [5.74, 6) is 0. The lowest BCUT2D eigenvalue weighted by molar-refractivity contribution is 0.126. The maximum absolute atomic E-state index is 9.94. The highest BCUT2D eigenvalue weighted by Gasteiger charge is 2.16. The second-order valence-corrected chi connectivity index (χ2v) is 4.27. The molecular formula is C13H20N2O3. The Hall–Kier alpha value is -1.59. The molecule has 1 aliphatic rings. The zero-order valence-corrected chi connectivity index (χ0v) is 10.3. The number of primary amides is 1. The van der Waals surface area contributed by atoms with E-state index in [1.807, 2.05) is 30.3 Å². The van der Waals surface area contributed by atoms with Crippen molar-refractivity contribution in [2.45, 2.75) is 18.9 Å². The van der Waals surface area contributed by atoms with Gasteiger partial charge in [-0.15, -0.1) is 0 Å². The predicted molar refractivity (Wildman–Crippen MR) is 69.3 cm³/mol. The van der Waals surface area contributed by atoms with E-state index in [0.29, 0.717) is 0 Å². The van der Waals surface area contributed by atoms with Crippen molar-refractivity contribution < 1.29 is 15.0 Å². The number of benzene rings is 1. The fourth-order valence-corrected chi connectivity index (χ4v) is 1.99. The molecule has 5 heteroatoms. The van der Waals surface area contributed by atoms with Crippen molar-refractivity contribution in [3.05, 3.63) is 35.9 Å². The van der Waals surface area contributed by atoms with Gasteiger partial charge in [0.05, 0.1) is 6.10 Å². The molecule has 2 rings (SSSR count). The Labute approximate surface area is 107 Å². The molecule has 0 aromatic heterocycles. The molecule has 1 unspecified atom stereocenters. The van der Waals surface area contributed by atoms with Crippen LogP contribution in [0, 0.1) is 0 Å². The van der Waals surface area contributed by atoms with Crippen LogP contribution in [0.5, 0.6) is 0 Å². The highest BCUT2D eigenvalue weighted by atomic mass is 16.4. The molecule has 1 saturated heterocycles. The Morgan fingerprint density at radius 2 is 1.78 bits per heavy atom. The molecule has 0 spiro atoms. The van der Waals surface area contributed by atoms with Crippen molar-refractivity contribution in [1.29, 1.82) is 0 Å². The minimum atomic E-state index is -1.33. The van der Waals surface area contributed by atoms with E-state index >= 15 is 0 Å². The number of nitrogens with two attached hydrogens (primary N) is 1. The second kappa shape index (κ2) is 7.68. The van der Waals surface area contributed by atoms with Gasteiger partial charge >= 0.3 is 6.09 Å². The van der Waals surface area contributed by atoms with Gasteiger partial charge in [0.25, 0.3) is 0 Å². The number of rotatable bonds is 3. The number of carboxylic acid groups (broad SMARTS) is 1. The number of aliphatic hydroxyl groups is 1. The molecule has 1 aromatic carbocycles. The van der Waals surface area contributed by atoms with Crippen LogP contribution in [0.3, 0.4) is 0 Å². The van der Waals surface area contributed by atoms with E-state index in [9.17, 15) is 5.11 Å². The van der Waals surface area contributed by atoms with Crippen molar-refractivity contribution in [1.82, 2.24) is 4.90 Å². The van der Waals surface area contributed by atoms with Crippen LogP contribution in [0.15, 0.2) is 30.3 Å². The fraction of sp³-hybridized carbons (Fsp3) is 0.462. The largest absolute Gasteiger partial charge is 0.465 e. The summed E-state index contributed by atoms with van der Waals surface area (Å²) < 4.78 is 0. The molecule has 1 aliphatic heterocycles. The molecule has 5 nitrogen and oxygen atoms in total. The van der Waals surface area contributed by atoms with Crippen molar-refractivity contribution >= 4 is 6.09 Å². The monoisotopic (exact) mass is 252 g/mol. The summed E-state index contributed by atoms with van der Waals surface area (Å²) >= 11 is 0. The second-order valence-electron chi connectivity index (χ2n) is 4.27. The minimum absolute atomic E-state index is 0.325. The molecule has 1 heterocycles. The fourth-order valence-electron chi connectivity index (χ4n) is 1.99. The Morgan fingerprint density at radius 3 is 2.28 bits per heavy atom. The molecule has 1 atom stereocenters. The van der Waals surface area contributed by atoms with Gasteiger partial charge in [0.2, 0.25) is 0 Å². The van der Waals surface area contributed by atoms with Gasteiger partial charge < -0.3 is 20.8 Å². The number of aliphatic hydroxyl groups excluding tert-OH is 1. The van der Waals surface area contributed by atoms with E-state index in [2.05, 4.69) is 10.6 Å². The van der Waals surface area contributed by atoms with E-state index in [-0.39, 0.29) is 6.10 Å². The van der Waals surface area contributed by atoms with Gasteiger partial charge in [-0.3, -0.25) is 0 Å². The van der Waals surface area contributed by atoms with E-state index in [0.717, 1.165) is 25.2 Å². The summed E-state index contributed by atoms with van der Waals surface area (Å²) in [6, 6.07) is 9.90. The lowest BCUT2D eigenvalue weighted by atomic mass is 10.1. The number of nitrogens with zero attached hydrogens (tertiary/aromatic N) is 1. The number of hydrogen-bond donors (Lipinski definition) is 3. The van der Waals surface area contributed by atoms with Gasteiger partial charge in [-0.25, -0.2) is 4.79 Å². The number of amides is 1. The summed E-state index contributed by atoms with van der Waals surface area (Å²) in [7, 11) is 0. The Morgan fingerprint density at radius 1 is 1.28 bits per heavy atom. The van der Waals surface area contributed by atoms with Crippen LogP contribution in [-0.4, -0.2) is 40.8 Å². The first-order valence-corrected chi connectivity index (χ1v) is 6.03. The van der Waals surface area contributed by atoms with E-state index < -0.39 is 6.09 Å².